The summed E-state index contributed by atoms with van der Waals surface area (Å²) < 4.78 is 0. The Morgan fingerprint density at radius 2 is 1.86 bits per heavy atom. The molecule has 0 saturated heterocycles. The molecule has 0 aliphatic carbocycles. The lowest BCUT2D eigenvalue weighted by Crippen LogP contribution is -2.08. The average molecular weight is 292 g/mol. The highest BCUT2D eigenvalue weighted by Crippen LogP contribution is 2.33. The molecule has 3 N–H and O–H groups in total. The van der Waals surface area contributed by atoms with E-state index in [0.29, 0.717) is 11.1 Å². The number of aromatic nitrogens is 1. The fourth-order valence-corrected chi connectivity index (χ4v) is 3.44. The number of benzene rings is 2. The summed E-state index contributed by atoms with van der Waals surface area (Å²) in [5.74, 6) is 0. The second-order valence-corrected chi connectivity index (χ2v) is 5.91. The number of para-hydroxylation sites is 1. The molecule has 0 fully saturated rings. The summed E-state index contributed by atoms with van der Waals surface area (Å²) in [7, 11) is 0. The van der Waals surface area contributed by atoms with E-state index in [0.717, 1.165) is 26.7 Å². The normalized spacial score (nSPS) is 11.2. The van der Waals surface area contributed by atoms with Crippen LogP contribution in [0.4, 0.5) is 5.69 Å². The molecular formula is C17H12N2OS. The summed E-state index contributed by atoms with van der Waals surface area (Å²) in [5, 5.41) is 4.51. The monoisotopic (exact) mass is 292 g/mol. The number of hydrogen-bond donors (Lipinski definition) is 2. The second-order valence-electron chi connectivity index (χ2n) is 4.97. The van der Waals surface area contributed by atoms with Crippen molar-refractivity contribution in [3.63, 3.8) is 0 Å². The molecular weight excluding hydrogens is 280 g/mol. The van der Waals surface area contributed by atoms with Gasteiger partial charge in [0.2, 0.25) is 0 Å². The number of hydrogen-bond acceptors (Lipinski definition) is 3. The van der Waals surface area contributed by atoms with Crippen molar-refractivity contribution in [3.8, 4) is 10.4 Å². The first-order valence-electron chi connectivity index (χ1n) is 6.62. The number of thiophene rings is 1. The minimum atomic E-state index is -0.140. The highest BCUT2D eigenvalue weighted by atomic mass is 32.1. The van der Waals surface area contributed by atoms with Crippen LogP contribution in [-0.4, -0.2) is 4.98 Å². The predicted molar refractivity (Wildman–Crippen MR) is 89.8 cm³/mol. The van der Waals surface area contributed by atoms with Crippen LogP contribution in [0.25, 0.3) is 32.1 Å². The lowest BCUT2D eigenvalue weighted by molar-refractivity contribution is 1.34. The zero-order valence-electron chi connectivity index (χ0n) is 11.1. The molecule has 0 amide bonds. The van der Waals surface area contributed by atoms with Gasteiger partial charge >= 0.3 is 0 Å². The first-order chi connectivity index (χ1) is 10.2. The topological polar surface area (TPSA) is 58.9 Å². The third-order valence-corrected chi connectivity index (χ3v) is 4.59. The van der Waals surface area contributed by atoms with Crippen LogP contribution in [0.5, 0.6) is 0 Å². The van der Waals surface area contributed by atoms with Gasteiger partial charge in [0.25, 0.3) is 5.56 Å². The fraction of sp³-hybridized carbons (Fsp3) is 0. The number of nitrogen functional groups attached to an aromatic ring is 1. The summed E-state index contributed by atoms with van der Waals surface area (Å²) >= 11 is 1.66. The van der Waals surface area contributed by atoms with E-state index >= 15 is 0 Å². The van der Waals surface area contributed by atoms with Gasteiger partial charge < -0.3 is 10.7 Å². The zero-order valence-corrected chi connectivity index (χ0v) is 11.9. The number of anilines is 1. The molecule has 2 heterocycles. The molecule has 0 spiro atoms. The van der Waals surface area contributed by atoms with Gasteiger partial charge in [0.15, 0.2) is 0 Å². The van der Waals surface area contributed by atoms with E-state index in [2.05, 4.69) is 17.1 Å². The third-order valence-electron chi connectivity index (χ3n) is 3.67. The van der Waals surface area contributed by atoms with Crippen molar-refractivity contribution in [1.29, 1.82) is 0 Å². The Morgan fingerprint density at radius 3 is 2.67 bits per heavy atom. The van der Waals surface area contributed by atoms with Crippen molar-refractivity contribution < 1.29 is 0 Å². The van der Waals surface area contributed by atoms with Gasteiger partial charge in [-0.15, -0.1) is 11.3 Å². The van der Waals surface area contributed by atoms with Gasteiger partial charge in [0.05, 0.1) is 5.39 Å². The number of pyridine rings is 1. The molecule has 21 heavy (non-hydrogen) atoms. The van der Waals surface area contributed by atoms with Crippen LogP contribution in [0.2, 0.25) is 0 Å². The highest BCUT2D eigenvalue weighted by molar-refractivity contribution is 7.13. The molecule has 2 aromatic heterocycles. The van der Waals surface area contributed by atoms with Gasteiger partial charge in [-0.2, -0.15) is 0 Å². The van der Waals surface area contributed by atoms with Crippen molar-refractivity contribution in [2.75, 3.05) is 5.73 Å². The predicted octanol–water partition coefficient (Wildman–Crippen LogP) is 3.99. The molecule has 4 rings (SSSR count). The molecule has 4 aromatic rings. The Kier molecular flexibility index (Phi) is 2.59. The molecule has 0 atom stereocenters. The van der Waals surface area contributed by atoms with E-state index in [1.54, 1.807) is 11.3 Å². The Balaban J connectivity index is 2.20. The van der Waals surface area contributed by atoms with Gasteiger partial charge in [0, 0.05) is 21.5 Å². The molecule has 0 aliphatic heterocycles. The number of H-pyrrole nitrogens is 1. The van der Waals surface area contributed by atoms with Crippen LogP contribution in [0.15, 0.2) is 58.7 Å². The molecule has 102 valence electrons. The van der Waals surface area contributed by atoms with Gasteiger partial charge in [-0.3, -0.25) is 4.79 Å². The van der Waals surface area contributed by atoms with E-state index in [4.69, 9.17) is 5.73 Å². The zero-order chi connectivity index (χ0) is 14.4. The molecule has 0 aliphatic rings. The third kappa shape index (κ3) is 1.84. The molecule has 2 aromatic carbocycles. The van der Waals surface area contributed by atoms with E-state index < -0.39 is 0 Å². The van der Waals surface area contributed by atoms with Gasteiger partial charge in [-0.05, 0) is 40.6 Å². The Bertz CT molecular complexity index is 1020. The maximum absolute atomic E-state index is 12.3. The van der Waals surface area contributed by atoms with E-state index in [9.17, 15) is 4.79 Å². The fourth-order valence-electron chi connectivity index (χ4n) is 2.73. The average Bonchev–Trinajstić information content (AvgIpc) is 3.01. The van der Waals surface area contributed by atoms with Crippen molar-refractivity contribution in [1.82, 2.24) is 4.98 Å². The van der Waals surface area contributed by atoms with Gasteiger partial charge in [-0.1, -0.05) is 24.3 Å². The van der Waals surface area contributed by atoms with Gasteiger partial charge in [0.1, 0.15) is 0 Å². The SMILES string of the molecule is Nc1cc(-c2cccs2)cc2c1c(=O)[nH]c1ccccc12. The van der Waals surface area contributed by atoms with E-state index in [1.165, 1.54) is 0 Å². The summed E-state index contributed by atoms with van der Waals surface area (Å²) in [6, 6.07) is 15.8. The summed E-state index contributed by atoms with van der Waals surface area (Å²) in [4.78, 5) is 16.3. The Hall–Kier alpha value is -2.59. The van der Waals surface area contributed by atoms with Crippen LogP contribution >= 0.6 is 11.3 Å². The van der Waals surface area contributed by atoms with Crippen LogP contribution < -0.4 is 11.3 Å². The first-order valence-corrected chi connectivity index (χ1v) is 7.50. The number of fused-ring (bicyclic) bond motifs is 3. The molecule has 0 saturated carbocycles. The standard InChI is InChI=1S/C17H12N2OS/c18-13-9-10(15-6-3-7-21-15)8-12-11-4-1-2-5-14(11)19-17(20)16(12)13/h1-9H,18H2,(H,19,20). The van der Waals surface area contributed by atoms with Gasteiger partial charge in [-0.25, -0.2) is 0 Å². The van der Waals surface area contributed by atoms with Crippen molar-refractivity contribution in [3.05, 3.63) is 64.3 Å². The van der Waals surface area contributed by atoms with Crippen LogP contribution in [-0.2, 0) is 0 Å². The van der Waals surface area contributed by atoms with Crippen molar-refractivity contribution in [2.24, 2.45) is 0 Å². The van der Waals surface area contributed by atoms with Crippen molar-refractivity contribution >= 4 is 38.7 Å². The first kappa shape index (κ1) is 12.2. The molecule has 3 nitrogen and oxygen atoms in total. The number of rotatable bonds is 1. The van der Waals surface area contributed by atoms with E-state index in [-0.39, 0.29) is 5.56 Å². The maximum Gasteiger partial charge on any atom is 0.258 e. The minimum absolute atomic E-state index is 0.140. The van der Waals surface area contributed by atoms with Crippen molar-refractivity contribution in [2.45, 2.75) is 0 Å². The van der Waals surface area contributed by atoms with Crippen LogP contribution in [0, 0.1) is 0 Å². The highest BCUT2D eigenvalue weighted by Gasteiger charge is 2.11. The smallest absolute Gasteiger partial charge is 0.258 e. The largest absolute Gasteiger partial charge is 0.398 e. The molecule has 0 radical (unpaired) electrons. The Morgan fingerprint density at radius 1 is 1.00 bits per heavy atom. The van der Waals surface area contributed by atoms with Crippen LogP contribution in [0.1, 0.15) is 0 Å². The number of nitrogens with one attached hydrogen (secondary N) is 1. The summed E-state index contributed by atoms with van der Waals surface area (Å²) in [6.07, 6.45) is 0. The quantitative estimate of drug-likeness (QED) is 0.411. The molecule has 0 unspecified atom stereocenters. The maximum atomic E-state index is 12.3. The molecule has 4 heteroatoms. The van der Waals surface area contributed by atoms with Crippen LogP contribution in [0.3, 0.4) is 0 Å². The number of nitrogens with two attached hydrogens (primary N) is 1. The van der Waals surface area contributed by atoms with E-state index in [1.807, 2.05) is 41.8 Å². The summed E-state index contributed by atoms with van der Waals surface area (Å²) in [5.41, 5.74) is 8.39. The molecule has 0 bridgehead atoms. The number of aromatic amines is 1. The Labute approximate surface area is 124 Å². The lowest BCUT2D eigenvalue weighted by atomic mass is 10.0. The summed E-state index contributed by atoms with van der Waals surface area (Å²) in [6.45, 7) is 0. The lowest BCUT2D eigenvalue weighted by Gasteiger charge is -2.08. The second kappa shape index (κ2) is 4.46. The minimum Gasteiger partial charge on any atom is -0.398 e.